The lowest BCUT2D eigenvalue weighted by Gasteiger charge is -2.38. The maximum atomic E-state index is 13.0. The number of likely N-dealkylation sites (tertiary alicyclic amines) is 1. The van der Waals surface area contributed by atoms with E-state index in [1.54, 1.807) is 0 Å². The van der Waals surface area contributed by atoms with Crippen molar-refractivity contribution in [2.75, 3.05) is 33.7 Å². The topological polar surface area (TPSA) is 101 Å². The van der Waals surface area contributed by atoms with Crippen LogP contribution >= 0.6 is 7.82 Å². The lowest BCUT2D eigenvalue weighted by atomic mass is 9.85. The first-order valence-corrected chi connectivity index (χ1v) is 13.5. The minimum atomic E-state index is -3.85. The molecule has 0 spiro atoms. The second kappa shape index (κ2) is 15.1. The number of amides is 1. The van der Waals surface area contributed by atoms with Crippen molar-refractivity contribution in [3.63, 3.8) is 0 Å². The van der Waals surface area contributed by atoms with Crippen molar-refractivity contribution in [1.29, 1.82) is 0 Å². The average Bonchev–Trinajstić information content (AvgIpc) is 2.85. The van der Waals surface area contributed by atoms with E-state index >= 15 is 0 Å². The van der Waals surface area contributed by atoms with E-state index in [2.05, 4.69) is 0 Å². The van der Waals surface area contributed by atoms with Crippen molar-refractivity contribution >= 4 is 19.9 Å². The summed E-state index contributed by atoms with van der Waals surface area (Å²) >= 11 is 0. The lowest BCUT2D eigenvalue weighted by molar-refractivity contribution is -0.144. The molecule has 1 aliphatic rings. The molecule has 1 fully saturated rings. The summed E-state index contributed by atoms with van der Waals surface area (Å²) in [5, 5.41) is 0. The Balaban J connectivity index is 2.05. The van der Waals surface area contributed by atoms with Crippen LogP contribution in [0.5, 0.6) is 0 Å². The Hall–Kier alpha value is -1.93. The molecular formula is C24H38NO8P. The van der Waals surface area contributed by atoms with Crippen LogP contribution in [0.4, 0.5) is 4.79 Å². The van der Waals surface area contributed by atoms with Gasteiger partial charge in [-0.05, 0) is 37.7 Å². The molecule has 1 aromatic carbocycles. The van der Waals surface area contributed by atoms with Crippen molar-refractivity contribution in [1.82, 2.24) is 4.90 Å². The van der Waals surface area contributed by atoms with Gasteiger partial charge in [0.15, 0.2) is 0 Å². The molecule has 1 amide bonds. The number of phosphoric acid groups is 1. The van der Waals surface area contributed by atoms with Crippen LogP contribution in [0, 0.1) is 0 Å². The standard InChI is InChI=1S/C24H38NO8P/c1-4-6-17-31-34(28,32-18-7-5-2)33-19-30-24(27)25-16-12-11-15-21(25)22(23(26)29-3)20-13-9-8-10-14-20/h8-10,13-14,21-22H,4-7,11-12,15-19H2,1-3H3. The summed E-state index contributed by atoms with van der Waals surface area (Å²) in [7, 11) is -2.51. The molecule has 1 saturated heterocycles. The summed E-state index contributed by atoms with van der Waals surface area (Å²) in [6, 6.07) is 8.83. The third-order valence-corrected chi connectivity index (χ3v) is 7.09. The number of unbranched alkanes of at least 4 members (excludes halogenated alkanes) is 2. The molecule has 1 heterocycles. The fourth-order valence-corrected chi connectivity index (χ4v) is 4.92. The monoisotopic (exact) mass is 499 g/mol. The molecular weight excluding hydrogens is 461 g/mol. The molecule has 0 radical (unpaired) electrons. The van der Waals surface area contributed by atoms with E-state index in [9.17, 15) is 14.2 Å². The summed E-state index contributed by atoms with van der Waals surface area (Å²) in [6.45, 7) is 4.27. The van der Waals surface area contributed by atoms with Gasteiger partial charge in [-0.2, -0.15) is 0 Å². The number of esters is 1. The van der Waals surface area contributed by atoms with Crippen molar-refractivity contribution in [3.05, 3.63) is 35.9 Å². The van der Waals surface area contributed by atoms with Gasteiger partial charge >= 0.3 is 19.9 Å². The number of carbonyl (C=O) groups excluding carboxylic acids is 2. The average molecular weight is 500 g/mol. The SMILES string of the molecule is CCCCOP(=O)(OCCCC)OCOC(=O)N1CCCCC1C(C(=O)OC)c1ccccc1. The van der Waals surface area contributed by atoms with Crippen molar-refractivity contribution in [3.8, 4) is 0 Å². The first-order chi connectivity index (χ1) is 16.5. The van der Waals surface area contributed by atoms with Crippen LogP contribution in [0.15, 0.2) is 30.3 Å². The lowest BCUT2D eigenvalue weighted by Crippen LogP contribution is -2.49. The quantitative estimate of drug-likeness (QED) is 0.140. The molecule has 0 bridgehead atoms. The van der Waals surface area contributed by atoms with Gasteiger partial charge in [-0.15, -0.1) is 0 Å². The molecule has 0 aliphatic carbocycles. The molecule has 1 aliphatic heterocycles. The van der Waals surface area contributed by atoms with Crippen molar-refractivity contribution in [2.24, 2.45) is 0 Å². The van der Waals surface area contributed by atoms with Gasteiger partial charge in [0.05, 0.1) is 26.4 Å². The van der Waals surface area contributed by atoms with E-state index in [0.29, 0.717) is 25.8 Å². The molecule has 34 heavy (non-hydrogen) atoms. The molecule has 0 saturated carbocycles. The highest BCUT2D eigenvalue weighted by molar-refractivity contribution is 7.48. The molecule has 9 nitrogen and oxygen atoms in total. The second-order valence-electron chi connectivity index (χ2n) is 8.15. The zero-order chi connectivity index (χ0) is 24.8. The molecule has 10 heteroatoms. The molecule has 0 aromatic heterocycles. The number of piperidine rings is 1. The Morgan fingerprint density at radius 2 is 1.68 bits per heavy atom. The minimum Gasteiger partial charge on any atom is -0.468 e. The Labute approximate surface area is 202 Å². The second-order valence-corrected chi connectivity index (χ2v) is 9.82. The highest BCUT2D eigenvalue weighted by atomic mass is 31.2. The van der Waals surface area contributed by atoms with Crippen LogP contribution in [0.3, 0.4) is 0 Å². The number of hydrogen-bond acceptors (Lipinski definition) is 8. The maximum absolute atomic E-state index is 13.0. The number of rotatable bonds is 14. The van der Waals surface area contributed by atoms with Gasteiger partial charge in [0.25, 0.3) is 0 Å². The van der Waals surface area contributed by atoms with Gasteiger partial charge in [0.2, 0.25) is 6.79 Å². The van der Waals surface area contributed by atoms with Gasteiger partial charge in [-0.3, -0.25) is 13.8 Å². The number of nitrogens with zero attached hydrogens (tertiary/aromatic N) is 1. The van der Waals surface area contributed by atoms with Crippen molar-refractivity contribution < 1.29 is 37.2 Å². The highest BCUT2D eigenvalue weighted by Crippen LogP contribution is 2.49. The predicted molar refractivity (Wildman–Crippen MR) is 127 cm³/mol. The summed E-state index contributed by atoms with van der Waals surface area (Å²) < 4.78 is 39.2. The molecule has 2 rings (SSSR count). The van der Waals surface area contributed by atoms with Crippen LogP contribution in [0.2, 0.25) is 0 Å². The normalized spacial score (nSPS) is 17.3. The van der Waals surface area contributed by atoms with Crippen LogP contribution in [-0.4, -0.2) is 56.7 Å². The zero-order valence-corrected chi connectivity index (χ0v) is 21.4. The van der Waals surface area contributed by atoms with E-state index in [1.165, 1.54) is 12.0 Å². The predicted octanol–water partition coefficient (Wildman–Crippen LogP) is 5.65. The molecule has 2 unspecified atom stereocenters. The Kier molecular flexibility index (Phi) is 12.6. The summed E-state index contributed by atoms with van der Waals surface area (Å²) in [4.78, 5) is 27.2. The largest absolute Gasteiger partial charge is 0.477 e. The molecule has 192 valence electrons. The highest BCUT2D eigenvalue weighted by Gasteiger charge is 2.39. The van der Waals surface area contributed by atoms with Gasteiger partial charge in [-0.25, -0.2) is 13.9 Å². The van der Waals surface area contributed by atoms with E-state index in [0.717, 1.165) is 31.2 Å². The third kappa shape index (κ3) is 8.69. The Bertz CT molecular complexity index is 776. The number of ether oxygens (including phenoxy) is 2. The minimum absolute atomic E-state index is 0.222. The van der Waals surface area contributed by atoms with Crippen LogP contribution in [0.1, 0.15) is 70.3 Å². The smallest absolute Gasteiger partial charge is 0.468 e. The number of carbonyl (C=O) groups is 2. The number of phosphoric ester groups is 1. The zero-order valence-electron chi connectivity index (χ0n) is 20.5. The summed E-state index contributed by atoms with van der Waals surface area (Å²) in [6.07, 6.45) is 4.77. The molecule has 1 aromatic rings. The fraction of sp³-hybridized carbons (Fsp3) is 0.667. The number of methoxy groups -OCH3 is 1. The van der Waals surface area contributed by atoms with Gasteiger partial charge < -0.3 is 14.4 Å². The van der Waals surface area contributed by atoms with Crippen molar-refractivity contribution in [2.45, 2.75) is 70.8 Å². The Morgan fingerprint density at radius 3 is 2.26 bits per heavy atom. The maximum Gasteiger partial charge on any atom is 0.477 e. The molecule has 0 N–H and O–H groups in total. The van der Waals surface area contributed by atoms with E-state index in [1.807, 2.05) is 44.2 Å². The van der Waals surface area contributed by atoms with Crippen LogP contribution in [-0.2, 0) is 32.4 Å². The number of benzene rings is 1. The van der Waals surface area contributed by atoms with Gasteiger partial charge in [-0.1, -0.05) is 57.0 Å². The van der Waals surface area contributed by atoms with E-state index in [-0.39, 0.29) is 13.2 Å². The van der Waals surface area contributed by atoms with Gasteiger partial charge in [0.1, 0.15) is 5.92 Å². The summed E-state index contributed by atoms with van der Waals surface area (Å²) in [5.74, 6) is -1.05. The third-order valence-electron chi connectivity index (χ3n) is 5.67. The summed E-state index contributed by atoms with van der Waals surface area (Å²) in [5.41, 5.74) is 0.772. The van der Waals surface area contributed by atoms with Gasteiger partial charge in [0, 0.05) is 6.54 Å². The first kappa shape index (κ1) is 28.3. The number of hydrogen-bond donors (Lipinski definition) is 0. The van der Waals surface area contributed by atoms with Crippen LogP contribution < -0.4 is 0 Å². The molecule has 2 atom stereocenters. The van der Waals surface area contributed by atoms with Crippen LogP contribution in [0.25, 0.3) is 0 Å². The fourth-order valence-electron chi connectivity index (χ4n) is 3.81. The first-order valence-electron chi connectivity index (χ1n) is 12.1. The Morgan fingerprint density at radius 1 is 1.03 bits per heavy atom. The van der Waals surface area contributed by atoms with E-state index in [4.69, 9.17) is 23.0 Å². The van der Waals surface area contributed by atoms with E-state index < -0.39 is 38.6 Å².